The number of H-pyrrole nitrogens is 1. The maximum atomic E-state index is 5.01. The summed E-state index contributed by atoms with van der Waals surface area (Å²) < 4.78 is 5.01. The van der Waals surface area contributed by atoms with Crippen LogP contribution in [-0.4, -0.2) is 22.3 Å². The standard InChI is InChI=1S/C9H9N3O/c1-13-9-4-2-3-8(12-9)7-5-10-11-6-7/h2-6H,1H3,(H,10,11). The quantitative estimate of drug-likeness (QED) is 0.752. The number of nitrogens with one attached hydrogen (secondary N) is 1. The number of methoxy groups -OCH3 is 1. The molecule has 2 aromatic heterocycles. The van der Waals surface area contributed by atoms with Gasteiger partial charge in [0.15, 0.2) is 0 Å². The third kappa shape index (κ3) is 1.51. The normalized spacial score (nSPS) is 9.92. The average Bonchev–Trinajstić information content (AvgIpc) is 2.71. The van der Waals surface area contributed by atoms with Crippen molar-refractivity contribution in [2.45, 2.75) is 0 Å². The van der Waals surface area contributed by atoms with Crippen LogP contribution in [-0.2, 0) is 0 Å². The van der Waals surface area contributed by atoms with Crippen LogP contribution < -0.4 is 4.74 Å². The number of aromatic nitrogens is 3. The Morgan fingerprint density at radius 3 is 3.00 bits per heavy atom. The molecule has 0 aliphatic heterocycles. The molecule has 0 aromatic carbocycles. The van der Waals surface area contributed by atoms with Crippen molar-refractivity contribution in [2.75, 3.05) is 7.11 Å². The highest BCUT2D eigenvalue weighted by atomic mass is 16.5. The fraction of sp³-hybridized carbons (Fsp3) is 0.111. The second kappa shape index (κ2) is 3.26. The highest BCUT2D eigenvalue weighted by Crippen LogP contribution is 2.17. The van der Waals surface area contributed by atoms with Crippen LogP contribution >= 0.6 is 0 Å². The predicted octanol–water partition coefficient (Wildman–Crippen LogP) is 1.48. The molecule has 0 amide bonds. The van der Waals surface area contributed by atoms with Crippen LogP contribution in [0, 0.1) is 0 Å². The minimum Gasteiger partial charge on any atom is -0.481 e. The van der Waals surface area contributed by atoms with Crippen LogP contribution in [0.3, 0.4) is 0 Å². The van der Waals surface area contributed by atoms with E-state index >= 15 is 0 Å². The van der Waals surface area contributed by atoms with Crippen LogP contribution in [0.1, 0.15) is 0 Å². The van der Waals surface area contributed by atoms with Gasteiger partial charge in [0.1, 0.15) is 0 Å². The van der Waals surface area contributed by atoms with Gasteiger partial charge in [-0.3, -0.25) is 5.10 Å². The Hall–Kier alpha value is -1.84. The largest absolute Gasteiger partial charge is 0.481 e. The van der Waals surface area contributed by atoms with Crippen molar-refractivity contribution in [1.82, 2.24) is 15.2 Å². The van der Waals surface area contributed by atoms with Crippen molar-refractivity contribution in [3.8, 4) is 17.1 Å². The Balaban J connectivity index is 2.41. The molecule has 0 radical (unpaired) electrons. The molecule has 0 fully saturated rings. The molecule has 4 nitrogen and oxygen atoms in total. The van der Waals surface area contributed by atoms with Gasteiger partial charge in [0.2, 0.25) is 5.88 Å². The predicted molar refractivity (Wildman–Crippen MR) is 48.4 cm³/mol. The summed E-state index contributed by atoms with van der Waals surface area (Å²) >= 11 is 0. The lowest BCUT2D eigenvalue weighted by atomic mass is 10.2. The van der Waals surface area contributed by atoms with Gasteiger partial charge < -0.3 is 4.74 Å². The second-order valence-electron chi connectivity index (χ2n) is 2.55. The summed E-state index contributed by atoms with van der Waals surface area (Å²) in [6, 6.07) is 5.62. The Labute approximate surface area is 75.6 Å². The molecule has 0 saturated carbocycles. The van der Waals surface area contributed by atoms with E-state index in [0.717, 1.165) is 11.3 Å². The third-order valence-corrected chi connectivity index (χ3v) is 1.73. The minimum absolute atomic E-state index is 0.610. The SMILES string of the molecule is COc1cccc(-c2cn[nH]c2)n1. The highest BCUT2D eigenvalue weighted by Gasteiger charge is 2.00. The number of hydrogen-bond acceptors (Lipinski definition) is 3. The summed E-state index contributed by atoms with van der Waals surface area (Å²) in [5, 5.41) is 6.58. The summed E-state index contributed by atoms with van der Waals surface area (Å²) in [6.07, 6.45) is 3.52. The molecule has 2 rings (SSSR count). The smallest absolute Gasteiger partial charge is 0.213 e. The zero-order valence-corrected chi connectivity index (χ0v) is 7.19. The van der Waals surface area contributed by atoms with Gasteiger partial charge in [0, 0.05) is 17.8 Å². The van der Waals surface area contributed by atoms with E-state index in [0.29, 0.717) is 5.88 Å². The molecule has 0 spiro atoms. The Morgan fingerprint density at radius 1 is 1.38 bits per heavy atom. The summed E-state index contributed by atoms with van der Waals surface area (Å²) in [4.78, 5) is 4.25. The number of pyridine rings is 1. The van der Waals surface area contributed by atoms with Crippen LogP contribution in [0.15, 0.2) is 30.6 Å². The van der Waals surface area contributed by atoms with Crippen LogP contribution in [0.5, 0.6) is 5.88 Å². The van der Waals surface area contributed by atoms with Gasteiger partial charge in [-0.2, -0.15) is 5.10 Å². The minimum atomic E-state index is 0.610. The molecule has 13 heavy (non-hydrogen) atoms. The molecule has 0 aliphatic rings. The lowest BCUT2D eigenvalue weighted by Crippen LogP contribution is -1.88. The number of rotatable bonds is 2. The molecule has 4 heteroatoms. The number of ether oxygens (including phenoxy) is 1. The van der Waals surface area contributed by atoms with Crippen molar-refractivity contribution in [2.24, 2.45) is 0 Å². The molecule has 0 saturated heterocycles. The summed E-state index contributed by atoms with van der Waals surface area (Å²) in [5.74, 6) is 0.610. The summed E-state index contributed by atoms with van der Waals surface area (Å²) in [7, 11) is 1.60. The third-order valence-electron chi connectivity index (χ3n) is 1.73. The van der Waals surface area contributed by atoms with Crippen molar-refractivity contribution in [1.29, 1.82) is 0 Å². The number of nitrogens with zero attached hydrogens (tertiary/aromatic N) is 2. The first kappa shape index (κ1) is 7.79. The van der Waals surface area contributed by atoms with Crippen LogP contribution in [0.2, 0.25) is 0 Å². The van der Waals surface area contributed by atoms with Gasteiger partial charge in [-0.05, 0) is 6.07 Å². The molecule has 0 aliphatic carbocycles. The Bertz CT molecular complexity index is 384. The molecule has 1 N–H and O–H groups in total. The van der Waals surface area contributed by atoms with E-state index in [-0.39, 0.29) is 0 Å². The molecule has 2 aromatic rings. The van der Waals surface area contributed by atoms with Gasteiger partial charge in [-0.25, -0.2) is 4.98 Å². The topological polar surface area (TPSA) is 50.8 Å². The Kier molecular flexibility index (Phi) is 1.96. The van der Waals surface area contributed by atoms with E-state index in [9.17, 15) is 0 Å². The maximum absolute atomic E-state index is 5.01. The fourth-order valence-electron chi connectivity index (χ4n) is 1.08. The number of aromatic amines is 1. The zero-order chi connectivity index (χ0) is 9.10. The van der Waals surface area contributed by atoms with Crippen molar-refractivity contribution in [3.05, 3.63) is 30.6 Å². The lowest BCUT2D eigenvalue weighted by molar-refractivity contribution is 0.398. The molecule has 66 valence electrons. The first-order valence-electron chi connectivity index (χ1n) is 3.90. The van der Waals surface area contributed by atoms with E-state index < -0.39 is 0 Å². The average molecular weight is 175 g/mol. The van der Waals surface area contributed by atoms with Gasteiger partial charge >= 0.3 is 0 Å². The van der Waals surface area contributed by atoms with E-state index in [1.807, 2.05) is 18.2 Å². The van der Waals surface area contributed by atoms with Crippen molar-refractivity contribution < 1.29 is 4.74 Å². The van der Waals surface area contributed by atoms with Gasteiger partial charge in [-0.15, -0.1) is 0 Å². The first-order valence-corrected chi connectivity index (χ1v) is 3.90. The molecule has 0 unspecified atom stereocenters. The summed E-state index contributed by atoms with van der Waals surface area (Å²) in [6.45, 7) is 0. The van der Waals surface area contributed by atoms with Gasteiger partial charge in [-0.1, -0.05) is 6.07 Å². The zero-order valence-electron chi connectivity index (χ0n) is 7.19. The van der Waals surface area contributed by atoms with Gasteiger partial charge in [0.25, 0.3) is 0 Å². The van der Waals surface area contributed by atoms with Crippen LogP contribution in [0.4, 0.5) is 0 Å². The summed E-state index contributed by atoms with van der Waals surface area (Å²) in [5.41, 5.74) is 1.81. The highest BCUT2D eigenvalue weighted by molar-refractivity contribution is 5.57. The monoisotopic (exact) mass is 175 g/mol. The number of hydrogen-bond donors (Lipinski definition) is 1. The molecular weight excluding hydrogens is 166 g/mol. The van der Waals surface area contributed by atoms with E-state index in [1.165, 1.54) is 0 Å². The van der Waals surface area contributed by atoms with E-state index in [4.69, 9.17) is 4.74 Å². The van der Waals surface area contributed by atoms with Gasteiger partial charge in [0.05, 0.1) is 19.0 Å². The van der Waals surface area contributed by atoms with E-state index in [2.05, 4.69) is 15.2 Å². The Morgan fingerprint density at radius 2 is 2.31 bits per heavy atom. The van der Waals surface area contributed by atoms with Crippen LogP contribution in [0.25, 0.3) is 11.3 Å². The lowest BCUT2D eigenvalue weighted by Gasteiger charge is -1.99. The molecule has 0 atom stereocenters. The van der Waals surface area contributed by atoms with E-state index in [1.54, 1.807) is 19.5 Å². The maximum Gasteiger partial charge on any atom is 0.213 e. The van der Waals surface area contributed by atoms with Crippen molar-refractivity contribution in [3.63, 3.8) is 0 Å². The molecule has 2 heterocycles. The second-order valence-corrected chi connectivity index (χ2v) is 2.55. The first-order chi connectivity index (χ1) is 6.40. The fourth-order valence-corrected chi connectivity index (χ4v) is 1.08. The molecular formula is C9H9N3O. The molecule has 0 bridgehead atoms. The van der Waals surface area contributed by atoms with Crippen molar-refractivity contribution >= 4 is 0 Å².